The first kappa shape index (κ1) is 14.8. The van der Waals surface area contributed by atoms with Crippen molar-refractivity contribution in [1.82, 2.24) is 29.5 Å². The highest BCUT2D eigenvalue weighted by Gasteiger charge is 2.15. The lowest BCUT2D eigenvalue weighted by Crippen LogP contribution is -2.07. The number of aromatic nitrogens is 5. The second kappa shape index (κ2) is 5.96. The smallest absolute Gasteiger partial charge is 0.253 e. The molecule has 3 aromatic rings. The van der Waals surface area contributed by atoms with Crippen LogP contribution in [0.2, 0.25) is 0 Å². The van der Waals surface area contributed by atoms with Crippen molar-refractivity contribution in [2.45, 2.75) is 6.92 Å². The summed E-state index contributed by atoms with van der Waals surface area (Å²) in [6.45, 7) is 1.51. The lowest BCUT2D eigenvalue weighted by atomic mass is 10.1. The summed E-state index contributed by atoms with van der Waals surface area (Å²) in [4.78, 5) is 26.5. The van der Waals surface area contributed by atoms with Crippen LogP contribution in [0.15, 0.2) is 36.9 Å². The molecule has 3 aromatic heterocycles. The summed E-state index contributed by atoms with van der Waals surface area (Å²) in [5.74, 6) is 0.884. The van der Waals surface area contributed by atoms with Crippen LogP contribution in [0.1, 0.15) is 23.0 Å². The van der Waals surface area contributed by atoms with Crippen molar-refractivity contribution in [3.63, 3.8) is 0 Å². The van der Waals surface area contributed by atoms with Crippen LogP contribution in [0.3, 0.4) is 0 Å². The normalized spacial score (nSPS) is 11.3. The van der Waals surface area contributed by atoms with Crippen LogP contribution in [0.4, 0.5) is 0 Å². The van der Waals surface area contributed by atoms with E-state index in [4.69, 9.17) is 0 Å². The summed E-state index contributed by atoms with van der Waals surface area (Å²) >= 11 is 0. The highest BCUT2D eigenvalue weighted by atomic mass is 16.1. The Bertz CT molecular complexity index is 882. The summed E-state index contributed by atoms with van der Waals surface area (Å²) in [6.07, 6.45) is 8.60. The van der Waals surface area contributed by atoms with E-state index in [1.165, 1.54) is 13.1 Å². The van der Waals surface area contributed by atoms with E-state index in [-0.39, 0.29) is 5.78 Å². The average Bonchev–Trinajstić information content (AvgIpc) is 2.97. The topological polar surface area (TPSA) is 76.3 Å². The van der Waals surface area contributed by atoms with Crippen molar-refractivity contribution >= 4 is 17.6 Å². The SMILES string of the molecule is CC(=O)c1cnc2nc(-c3cccnc3)nn2c1C=CN(C)C. The molecule has 7 nitrogen and oxygen atoms in total. The van der Waals surface area contributed by atoms with E-state index in [1.807, 2.05) is 43.4 Å². The van der Waals surface area contributed by atoms with Gasteiger partial charge in [-0.15, -0.1) is 5.10 Å². The van der Waals surface area contributed by atoms with Gasteiger partial charge in [0.15, 0.2) is 11.6 Å². The number of hydrogen-bond acceptors (Lipinski definition) is 6. The van der Waals surface area contributed by atoms with Gasteiger partial charge < -0.3 is 4.90 Å². The van der Waals surface area contributed by atoms with E-state index >= 15 is 0 Å². The number of ketones is 1. The van der Waals surface area contributed by atoms with Crippen molar-refractivity contribution in [2.24, 2.45) is 0 Å². The zero-order chi connectivity index (χ0) is 16.4. The van der Waals surface area contributed by atoms with Gasteiger partial charge in [-0.1, -0.05) is 0 Å². The van der Waals surface area contributed by atoms with Crippen LogP contribution >= 0.6 is 0 Å². The van der Waals surface area contributed by atoms with E-state index in [2.05, 4.69) is 20.1 Å². The van der Waals surface area contributed by atoms with Crippen molar-refractivity contribution in [1.29, 1.82) is 0 Å². The Kier molecular flexibility index (Phi) is 3.84. The van der Waals surface area contributed by atoms with Crippen LogP contribution in [0, 0.1) is 0 Å². The molecule has 0 aromatic carbocycles. The highest BCUT2D eigenvalue weighted by Crippen LogP contribution is 2.18. The van der Waals surface area contributed by atoms with Gasteiger partial charge in [-0.05, 0) is 25.1 Å². The first-order chi connectivity index (χ1) is 11.1. The fraction of sp³-hybridized carbons (Fsp3) is 0.188. The number of Topliss-reactive ketones (excluding diaryl/α,β-unsaturated/α-hetero) is 1. The van der Waals surface area contributed by atoms with E-state index in [1.54, 1.807) is 16.9 Å². The monoisotopic (exact) mass is 308 g/mol. The van der Waals surface area contributed by atoms with Gasteiger partial charge in [-0.3, -0.25) is 9.78 Å². The Morgan fingerprint density at radius 1 is 1.30 bits per heavy atom. The van der Waals surface area contributed by atoms with Crippen molar-refractivity contribution in [2.75, 3.05) is 14.1 Å². The summed E-state index contributed by atoms with van der Waals surface area (Å²) in [5.41, 5.74) is 1.95. The third-order valence-electron chi connectivity index (χ3n) is 3.23. The van der Waals surface area contributed by atoms with Gasteiger partial charge in [0, 0.05) is 44.4 Å². The van der Waals surface area contributed by atoms with Crippen LogP contribution in [-0.2, 0) is 0 Å². The molecule has 7 heteroatoms. The number of carbonyl (C=O) groups is 1. The number of pyridine rings is 1. The number of rotatable bonds is 4. The summed E-state index contributed by atoms with van der Waals surface area (Å²) in [6, 6.07) is 3.70. The second-order valence-corrected chi connectivity index (χ2v) is 5.28. The molecule has 0 aliphatic carbocycles. The molecule has 3 heterocycles. The molecule has 0 N–H and O–H groups in total. The predicted molar refractivity (Wildman–Crippen MR) is 86.7 cm³/mol. The molecule has 0 unspecified atom stereocenters. The first-order valence-electron chi connectivity index (χ1n) is 7.08. The molecule has 0 atom stereocenters. The molecular formula is C16H16N6O. The maximum absolute atomic E-state index is 11.9. The van der Waals surface area contributed by atoms with Gasteiger partial charge >= 0.3 is 0 Å². The molecule has 0 saturated carbocycles. The molecule has 0 fully saturated rings. The maximum Gasteiger partial charge on any atom is 0.253 e. The largest absolute Gasteiger partial charge is 0.383 e. The van der Waals surface area contributed by atoms with E-state index in [0.29, 0.717) is 22.9 Å². The minimum Gasteiger partial charge on any atom is -0.383 e. The summed E-state index contributed by atoms with van der Waals surface area (Å²) in [7, 11) is 3.81. The molecule has 3 rings (SSSR count). The van der Waals surface area contributed by atoms with Gasteiger partial charge in [0.2, 0.25) is 0 Å². The van der Waals surface area contributed by atoms with Crippen molar-refractivity contribution in [3.05, 3.63) is 48.2 Å². The Labute approximate surface area is 133 Å². The predicted octanol–water partition coefficient (Wildman–Crippen LogP) is 1.92. The molecule has 23 heavy (non-hydrogen) atoms. The Morgan fingerprint density at radius 3 is 2.78 bits per heavy atom. The summed E-state index contributed by atoms with van der Waals surface area (Å²) < 4.78 is 1.58. The Hall–Kier alpha value is -3.09. The maximum atomic E-state index is 11.9. The second-order valence-electron chi connectivity index (χ2n) is 5.28. The molecule has 0 aliphatic heterocycles. The van der Waals surface area contributed by atoms with Crippen LogP contribution in [0.25, 0.3) is 23.2 Å². The molecule has 0 bridgehead atoms. The lowest BCUT2D eigenvalue weighted by molar-refractivity contribution is 0.101. The third-order valence-corrected chi connectivity index (χ3v) is 3.23. The zero-order valence-corrected chi connectivity index (χ0v) is 13.1. The fourth-order valence-corrected chi connectivity index (χ4v) is 2.12. The van der Waals surface area contributed by atoms with E-state index in [0.717, 1.165) is 5.56 Å². The number of hydrogen-bond donors (Lipinski definition) is 0. The Balaban J connectivity index is 2.21. The van der Waals surface area contributed by atoms with Gasteiger partial charge in [0.25, 0.3) is 5.78 Å². The van der Waals surface area contributed by atoms with Gasteiger partial charge in [-0.25, -0.2) is 4.98 Å². The van der Waals surface area contributed by atoms with E-state index < -0.39 is 0 Å². The zero-order valence-electron chi connectivity index (χ0n) is 13.1. The van der Waals surface area contributed by atoms with Crippen LogP contribution in [-0.4, -0.2) is 49.3 Å². The quantitative estimate of drug-likeness (QED) is 0.685. The van der Waals surface area contributed by atoms with Gasteiger partial charge in [0.05, 0.1) is 11.3 Å². The number of carbonyl (C=O) groups excluding carboxylic acids is 1. The molecule has 116 valence electrons. The molecule has 0 amide bonds. The minimum absolute atomic E-state index is 0.0729. The number of fused-ring (bicyclic) bond motifs is 1. The van der Waals surface area contributed by atoms with Gasteiger partial charge in [0.1, 0.15) is 0 Å². The van der Waals surface area contributed by atoms with Crippen LogP contribution < -0.4 is 0 Å². The van der Waals surface area contributed by atoms with E-state index in [9.17, 15) is 4.79 Å². The molecule has 0 radical (unpaired) electrons. The molecule has 0 spiro atoms. The minimum atomic E-state index is -0.0729. The third kappa shape index (κ3) is 2.94. The lowest BCUT2D eigenvalue weighted by Gasteiger charge is -2.06. The highest BCUT2D eigenvalue weighted by molar-refractivity contribution is 5.97. The average molecular weight is 308 g/mol. The van der Waals surface area contributed by atoms with Crippen LogP contribution in [0.5, 0.6) is 0 Å². The van der Waals surface area contributed by atoms with Crippen molar-refractivity contribution < 1.29 is 4.79 Å². The first-order valence-corrected chi connectivity index (χ1v) is 7.08. The molecule has 0 saturated heterocycles. The number of nitrogens with zero attached hydrogens (tertiary/aromatic N) is 6. The fourth-order valence-electron chi connectivity index (χ4n) is 2.12. The summed E-state index contributed by atoms with van der Waals surface area (Å²) in [5, 5.41) is 4.48. The molecular weight excluding hydrogens is 292 g/mol. The van der Waals surface area contributed by atoms with Gasteiger partial charge in [-0.2, -0.15) is 9.50 Å². The van der Waals surface area contributed by atoms with Crippen molar-refractivity contribution in [3.8, 4) is 11.4 Å². The molecule has 0 aliphatic rings. The standard InChI is InChI=1S/C16H16N6O/c1-11(23)13-10-18-16-19-15(12-5-4-7-17-9-12)20-22(16)14(13)6-8-21(2)3/h4-10H,1-3H3. The Morgan fingerprint density at radius 2 is 2.13 bits per heavy atom.